The van der Waals surface area contributed by atoms with Crippen molar-refractivity contribution in [1.29, 1.82) is 0 Å². The van der Waals surface area contributed by atoms with E-state index in [1.54, 1.807) is 5.41 Å². The van der Waals surface area contributed by atoms with Crippen molar-refractivity contribution in [3.63, 3.8) is 0 Å². The van der Waals surface area contributed by atoms with Crippen molar-refractivity contribution in [2.24, 2.45) is 0 Å². The maximum Gasteiger partial charge on any atom is 0.357 e. The van der Waals surface area contributed by atoms with Crippen molar-refractivity contribution >= 4 is 23.6 Å². The second-order valence-electron chi connectivity index (χ2n) is 3.07. The molecule has 0 spiro atoms. The third kappa shape index (κ3) is 1.40. The molecule has 2 atom stereocenters. The Kier molecular flexibility index (Phi) is 2.24. The molecule has 2 aliphatic heterocycles. The van der Waals surface area contributed by atoms with Gasteiger partial charge < -0.3 is 9.84 Å². The van der Waals surface area contributed by atoms with Gasteiger partial charge in [-0.15, -0.1) is 11.8 Å². The fourth-order valence-electron chi connectivity index (χ4n) is 1.35. The Bertz CT molecular complexity index is 325. The third-order valence-corrected chi connectivity index (χ3v) is 3.04. The summed E-state index contributed by atoms with van der Waals surface area (Å²) < 4.78 is 4.58. The summed E-state index contributed by atoms with van der Waals surface area (Å²) in [4.78, 5) is 23.8. The Hall–Kier alpha value is -1.01. The van der Waals surface area contributed by atoms with Crippen LogP contribution in [0.2, 0.25) is 0 Å². The van der Waals surface area contributed by atoms with Crippen LogP contribution in [0.1, 0.15) is 13.3 Å². The molecule has 76 valence electrons. The molecular formula is C8H9NO4S. The van der Waals surface area contributed by atoms with Crippen LogP contribution < -0.4 is 0 Å². The quantitative estimate of drug-likeness (QED) is 0.399. The number of ether oxygens (including phenoxy) is 1. The molecule has 1 fully saturated rings. The van der Waals surface area contributed by atoms with Crippen molar-refractivity contribution in [2.75, 3.05) is 0 Å². The Morgan fingerprint density at radius 3 is 3.14 bits per heavy atom. The summed E-state index contributed by atoms with van der Waals surface area (Å²) >= 11 is 1.42. The number of nitrogens with zero attached hydrogens (tertiary/aromatic N) is 1. The predicted molar refractivity (Wildman–Crippen MR) is 48.7 cm³/mol. The summed E-state index contributed by atoms with van der Waals surface area (Å²) in [7, 11) is 0. The first-order valence-corrected chi connectivity index (χ1v) is 5.10. The van der Waals surface area contributed by atoms with E-state index in [0.717, 1.165) is 0 Å². The van der Waals surface area contributed by atoms with Gasteiger partial charge in [-0.25, -0.2) is 4.79 Å². The number of aliphatic hydroxyl groups excluding tert-OH is 1. The molecule has 2 aliphatic rings. The lowest BCUT2D eigenvalue weighted by molar-refractivity contribution is -0.164. The summed E-state index contributed by atoms with van der Waals surface area (Å²) in [6.07, 6.45) is -0.684. The largest absolute Gasteiger partial charge is 0.432 e. The van der Waals surface area contributed by atoms with Gasteiger partial charge in [0.2, 0.25) is 5.91 Å². The van der Waals surface area contributed by atoms with Gasteiger partial charge in [-0.1, -0.05) is 0 Å². The molecule has 0 aromatic carbocycles. The van der Waals surface area contributed by atoms with Crippen LogP contribution in [0.4, 0.5) is 0 Å². The minimum atomic E-state index is -1.15. The number of fused-ring (bicyclic) bond motifs is 1. The number of aliphatic hydroxyl groups is 1. The van der Waals surface area contributed by atoms with Crippen LogP contribution in [0.25, 0.3) is 0 Å². The van der Waals surface area contributed by atoms with Crippen LogP contribution in [0, 0.1) is 0 Å². The summed E-state index contributed by atoms with van der Waals surface area (Å²) in [5.74, 6) is -0.725. The van der Waals surface area contributed by atoms with Crippen LogP contribution in [-0.2, 0) is 14.3 Å². The number of hydrogen-bond acceptors (Lipinski definition) is 5. The molecular weight excluding hydrogens is 206 g/mol. The Balaban J connectivity index is 2.05. The van der Waals surface area contributed by atoms with Crippen LogP contribution in [0.15, 0.2) is 11.1 Å². The zero-order chi connectivity index (χ0) is 10.3. The molecule has 0 bridgehead atoms. The summed E-state index contributed by atoms with van der Waals surface area (Å²) in [5.41, 5.74) is 0.233. The number of β-lactam (4-membered cyclic amide) rings is 1. The smallest absolute Gasteiger partial charge is 0.357 e. The molecule has 2 heterocycles. The first-order chi connectivity index (χ1) is 6.59. The summed E-state index contributed by atoms with van der Waals surface area (Å²) in [6.45, 7) is 1.34. The lowest BCUT2D eigenvalue weighted by Gasteiger charge is -2.34. The van der Waals surface area contributed by atoms with Crippen molar-refractivity contribution < 1.29 is 19.4 Å². The highest BCUT2D eigenvalue weighted by Gasteiger charge is 2.45. The van der Waals surface area contributed by atoms with Crippen LogP contribution >= 0.6 is 11.8 Å². The third-order valence-electron chi connectivity index (χ3n) is 1.99. The van der Waals surface area contributed by atoms with Gasteiger partial charge in [0.05, 0.1) is 11.8 Å². The zero-order valence-corrected chi connectivity index (χ0v) is 8.28. The Morgan fingerprint density at radius 1 is 1.86 bits per heavy atom. The van der Waals surface area contributed by atoms with E-state index in [0.29, 0.717) is 6.42 Å². The molecule has 0 saturated carbocycles. The van der Waals surface area contributed by atoms with Crippen molar-refractivity contribution in [3.8, 4) is 0 Å². The van der Waals surface area contributed by atoms with Crippen LogP contribution in [0.3, 0.4) is 0 Å². The van der Waals surface area contributed by atoms with Gasteiger partial charge >= 0.3 is 5.97 Å². The molecule has 1 N–H and O–H groups in total. The summed E-state index contributed by atoms with van der Waals surface area (Å²) in [5, 5.41) is 10.5. The van der Waals surface area contributed by atoms with E-state index < -0.39 is 12.3 Å². The molecule has 0 radical (unpaired) electrons. The maximum atomic E-state index is 11.3. The monoisotopic (exact) mass is 215 g/mol. The molecule has 6 heteroatoms. The Morgan fingerprint density at radius 2 is 2.57 bits per heavy atom. The Labute approximate surface area is 84.7 Å². The number of amides is 1. The first-order valence-electron chi connectivity index (χ1n) is 4.16. The molecule has 5 nitrogen and oxygen atoms in total. The second kappa shape index (κ2) is 3.29. The van der Waals surface area contributed by atoms with E-state index in [1.165, 1.54) is 23.6 Å². The van der Waals surface area contributed by atoms with Gasteiger partial charge in [0.15, 0.2) is 6.29 Å². The van der Waals surface area contributed by atoms with E-state index in [1.807, 2.05) is 0 Å². The lowest BCUT2D eigenvalue weighted by Crippen LogP contribution is -2.48. The highest BCUT2D eigenvalue weighted by molar-refractivity contribution is 8.03. The maximum absolute atomic E-state index is 11.3. The SMILES string of the molecule is C[C@H](O)OC(=O)C1=CS[C@@H]2CC(=O)N12. The van der Waals surface area contributed by atoms with Crippen LogP contribution in [0.5, 0.6) is 0 Å². The van der Waals surface area contributed by atoms with Crippen molar-refractivity contribution in [1.82, 2.24) is 4.90 Å². The van der Waals surface area contributed by atoms with E-state index in [-0.39, 0.29) is 17.0 Å². The standard InChI is InChI=1S/C8H9NO4S/c1-4(10)13-8(12)5-3-14-7-2-6(11)9(5)7/h3-4,7,10H,2H2,1H3/t4-,7-/m1/s1. The van der Waals surface area contributed by atoms with Gasteiger partial charge in [0.25, 0.3) is 0 Å². The highest BCUT2D eigenvalue weighted by atomic mass is 32.2. The van der Waals surface area contributed by atoms with Gasteiger partial charge in [-0.2, -0.15) is 0 Å². The fraction of sp³-hybridized carbons (Fsp3) is 0.500. The average Bonchev–Trinajstić information content (AvgIpc) is 2.40. The molecule has 0 unspecified atom stereocenters. The molecule has 1 saturated heterocycles. The van der Waals surface area contributed by atoms with Gasteiger partial charge in [0.1, 0.15) is 5.70 Å². The van der Waals surface area contributed by atoms with E-state index in [4.69, 9.17) is 5.11 Å². The molecule has 14 heavy (non-hydrogen) atoms. The fourth-order valence-corrected chi connectivity index (χ4v) is 2.43. The number of hydrogen-bond donors (Lipinski definition) is 1. The normalized spacial score (nSPS) is 26.4. The molecule has 1 amide bonds. The molecule has 0 aromatic heterocycles. The minimum absolute atomic E-state index is 0.0547. The number of rotatable bonds is 2. The number of carbonyl (C=O) groups excluding carboxylic acids is 2. The zero-order valence-electron chi connectivity index (χ0n) is 7.47. The van der Waals surface area contributed by atoms with Crippen molar-refractivity contribution in [3.05, 3.63) is 11.1 Å². The predicted octanol–water partition coefficient (Wildman–Crippen LogP) is 0.0145. The minimum Gasteiger partial charge on any atom is -0.432 e. The second-order valence-corrected chi connectivity index (χ2v) is 4.12. The first kappa shape index (κ1) is 9.54. The van der Waals surface area contributed by atoms with Gasteiger partial charge in [-0.3, -0.25) is 9.69 Å². The lowest BCUT2D eigenvalue weighted by atomic mass is 10.2. The van der Waals surface area contributed by atoms with Gasteiger partial charge in [-0.05, 0) is 6.92 Å². The highest BCUT2D eigenvalue weighted by Crippen LogP contribution is 2.40. The van der Waals surface area contributed by atoms with E-state index in [2.05, 4.69) is 4.74 Å². The molecule has 2 rings (SSSR count). The summed E-state index contributed by atoms with van der Waals surface area (Å²) in [6, 6.07) is 0. The molecule has 0 aliphatic carbocycles. The number of esters is 1. The van der Waals surface area contributed by atoms with Crippen LogP contribution in [-0.4, -0.2) is 33.5 Å². The number of thioether (sulfide) groups is 1. The van der Waals surface area contributed by atoms with Crippen molar-refractivity contribution in [2.45, 2.75) is 25.0 Å². The number of carbonyl (C=O) groups is 2. The topological polar surface area (TPSA) is 66.8 Å². The average molecular weight is 215 g/mol. The van der Waals surface area contributed by atoms with E-state index in [9.17, 15) is 9.59 Å². The van der Waals surface area contributed by atoms with E-state index >= 15 is 0 Å². The molecule has 0 aromatic rings. The van der Waals surface area contributed by atoms with Gasteiger partial charge in [0, 0.05) is 5.41 Å².